The number of hydrogen-bond donors (Lipinski definition) is 0. The normalized spacial score (nSPS) is 17.8. The first kappa shape index (κ1) is 16.3. The van der Waals surface area contributed by atoms with E-state index < -0.39 is 11.6 Å². The molecule has 0 heterocycles. The van der Waals surface area contributed by atoms with Gasteiger partial charge in [-0.15, -0.1) is 0 Å². The van der Waals surface area contributed by atoms with Crippen molar-refractivity contribution in [1.29, 1.82) is 0 Å². The van der Waals surface area contributed by atoms with Crippen LogP contribution in [0, 0.1) is 0 Å². The molecule has 1 saturated carbocycles. The summed E-state index contributed by atoms with van der Waals surface area (Å²) in [4.78, 5) is 2.33. The molecule has 0 saturated heterocycles. The van der Waals surface area contributed by atoms with Gasteiger partial charge in [-0.1, -0.05) is 24.3 Å². The van der Waals surface area contributed by atoms with Crippen molar-refractivity contribution in [2.24, 2.45) is 0 Å². The molecule has 1 aromatic rings. The van der Waals surface area contributed by atoms with Crippen molar-refractivity contribution in [2.75, 3.05) is 0 Å². The number of hydrogen-bond acceptors (Lipinski definition) is 1. The summed E-state index contributed by atoms with van der Waals surface area (Å²) in [5, 5.41) is 0. The minimum atomic E-state index is -4.13. The lowest BCUT2D eigenvalue weighted by Gasteiger charge is -2.30. The first-order valence-corrected chi connectivity index (χ1v) is 7.59. The van der Waals surface area contributed by atoms with Gasteiger partial charge in [0.05, 0.1) is 5.41 Å². The third-order valence-electron chi connectivity index (χ3n) is 4.49. The first-order valence-electron chi connectivity index (χ1n) is 7.59. The molecule has 4 heteroatoms. The smallest absolute Gasteiger partial charge is 0.294 e. The maximum absolute atomic E-state index is 13.1. The zero-order valence-electron chi connectivity index (χ0n) is 13.2. The highest BCUT2D eigenvalue weighted by Crippen LogP contribution is 2.58. The van der Waals surface area contributed by atoms with Gasteiger partial charge in [0.1, 0.15) is 0 Å². The SMILES string of the molecule is CC(C)N(Cc1ccc(C2(C(F)(F)F)CC2)cc1)C(C)C. The summed E-state index contributed by atoms with van der Waals surface area (Å²) in [6, 6.07) is 7.84. The minimum absolute atomic E-state index is 0.222. The van der Waals surface area contributed by atoms with Crippen LogP contribution in [0.5, 0.6) is 0 Å². The summed E-state index contributed by atoms with van der Waals surface area (Å²) < 4.78 is 39.3. The highest BCUT2D eigenvalue weighted by molar-refractivity contribution is 5.35. The molecule has 0 amide bonds. The lowest BCUT2D eigenvalue weighted by atomic mass is 9.94. The van der Waals surface area contributed by atoms with Gasteiger partial charge in [-0.25, -0.2) is 0 Å². The molecule has 21 heavy (non-hydrogen) atoms. The highest BCUT2D eigenvalue weighted by Gasteiger charge is 2.64. The summed E-state index contributed by atoms with van der Waals surface area (Å²) in [5.41, 5.74) is -0.0834. The molecular formula is C17H24F3N. The van der Waals surface area contributed by atoms with Crippen LogP contribution in [0.3, 0.4) is 0 Å². The third-order valence-corrected chi connectivity index (χ3v) is 4.49. The average molecular weight is 299 g/mol. The van der Waals surface area contributed by atoms with E-state index in [9.17, 15) is 13.2 Å². The van der Waals surface area contributed by atoms with Crippen molar-refractivity contribution in [3.8, 4) is 0 Å². The lowest BCUT2D eigenvalue weighted by Crippen LogP contribution is -2.36. The molecule has 0 unspecified atom stereocenters. The first-order chi connectivity index (χ1) is 9.67. The van der Waals surface area contributed by atoms with E-state index in [1.807, 2.05) is 12.1 Å². The van der Waals surface area contributed by atoms with E-state index in [1.165, 1.54) is 0 Å². The quantitative estimate of drug-likeness (QED) is 0.747. The monoisotopic (exact) mass is 299 g/mol. The number of halogens is 3. The molecule has 0 atom stereocenters. The molecule has 0 aliphatic heterocycles. The number of rotatable bonds is 5. The van der Waals surface area contributed by atoms with E-state index in [0.717, 1.165) is 12.1 Å². The van der Waals surface area contributed by atoms with Gasteiger partial charge in [0, 0.05) is 18.6 Å². The summed E-state index contributed by atoms with van der Waals surface area (Å²) in [7, 11) is 0. The Balaban J connectivity index is 2.13. The van der Waals surface area contributed by atoms with Crippen LogP contribution in [0.25, 0.3) is 0 Å². The molecule has 1 aliphatic carbocycles. The maximum atomic E-state index is 13.1. The molecule has 0 aromatic heterocycles. The van der Waals surface area contributed by atoms with Crippen LogP contribution in [0.1, 0.15) is 51.7 Å². The standard InChI is InChI=1S/C17H24F3N/c1-12(2)21(13(3)4)11-14-5-7-15(8-6-14)16(9-10-16)17(18,19)20/h5-8,12-13H,9-11H2,1-4H3. The van der Waals surface area contributed by atoms with Crippen LogP contribution in [0.15, 0.2) is 24.3 Å². The Bertz CT molecular complexity index is 462. The Morgan fingerprint density at radius 3 is 1.81 bits per heavy atom. The molecule has 0 bridgehead atoms. The van der Waals surface area contributed by atoms with Gasteiger partial charge < -0.3 is 0 Å². The fourth-order valence-corrected chi connectivity index (χ4v) is 2.96. The molecule has 0 radical (unpaired) electrons. The zero-order valence-corrected chi connectivity index (χ0v) is 13.2. The van der Waals surface area contributed by atoms with Gasteiger partial charge in [-0.3, -0.25) is 4.90 Å². The van der Waals surface area contributed by atoms with Gasteiger partial charge in [-0.2, -0.15) is 13.2 Å². The maximum Gasteiger partial charge on any atom is 0.398 e. The van der Waals surface area contributed by atoms with Crippen molar-refractivity contribution in [3.63, 3.8) is 0 Å². The second kappa shape index (κ2) is 5.64. The second-order valence-electron chi connectivity index (χ2n) is 6.64. The van der Waals surface area contributed by atoms with E-state index in [0.29, 0.717) is 17.6 Å². The highest BCUT2D eigenvalue weighted by atomic mass is 19.4. The Kier molecular flexibility index (Phi) is 4.39. The minimum Gasteiger partial charge on any atom is -0.294 e. The number of alkyl halides is 3. The van der Waals surface area contributed by atoms with Gasteiger partial charge in [0.25, 0.3) is 0 Å². The molecule has 1 aliphatic rings. The Morgan fingerprint density at radius 1 is 1.00 bits per heavy atom. The largest absolute Gasteiger partial charge is 0.398 e. The van der Waals surface area contributed by atoms with E-state index in [-0.39, 0.29) is 12.8 Å². The Hall–Kier alpha value is -1.03. The van der Waals surface area contributed by atoms with Gasteiger partial charge >= 0.3 is 6.18 Å². The van der Waals surface area contributed by atoms with Gasteiger partial charge in [-0.05, 0) is 51.7 Å². The van der Waals surface area contributed by atoms with Crippen LogP contribution >= 0.6 is 0 Å². The Labute approximate surface area is 125 Å². The van der Waals surface area contributed by atoms with Crippen LogP contribution in [-0.2, 0) is 12.0 Å². The summed E-state index contributed by atoms with van der Waals surface area (Å²) >= 11 is 0. The third kappa shape index (κ3) is 3.25. The fourth-order valence-electron chi connectivity index (χ4n) is 2.96. The molecule has 1 fully saturated rings. The average Bonchev–Trinajstić information content (AvgIpc) is 3.16. The summed E-state index contributed by atoms with van der Waals surface area (Å²) in [5.74, 6) is 0. The van der Waals surface area contributed by atoms with Crippen molar-refractivity contribution >= 4 is 0 Å². The van der Waals surface area contributed by atoms with Crippen LogP contribution in [-0.4, -0.2) is 23.2 Å². The fraction of sp³-hybridized carbons (Fsp3) is 0.647. The zero-order chi connectivity index (χ0) is 15.8. The van der Waals surface area contributed by atoms with E-state index in [2.05, 4.69) is 32.6 Å². The molecule has 0 spiro atoms. The molecule has 0 N–H and O–H groups in total. The van der Waals surface area contributed by atoms with Crippen LogP contribution < -0.4 is 0 Å². The van der Waals surface area contributed by atoms with E-state index >= 15 is 0 Å². The second-order valence-corrected chi connectivity index (χ2v) is 6.64. The predicted octanol–water partition coefficient (Wildman–Crippen LogP) is 4.90. The molecule has 2 rings (SSSR count). The molecule has 1 aromatic carbocycles. The molecular weight excluding hydrogens is 275 g/mol. The van der Waals surface area contributed by atoms with Crippen molar-refractivity contribution in [3.05, 3.63) is 35.4 Å². The van der Waals surface area contributed by atoms with Crippen molar-refractivity contribution in [1.82, 2.24) is 4.90 Å². The van der Waals surface area contributed by atoms with E-state index in [1.54, 1.807) is 12.1 Å². The van der Waals surface area contributed by atoms with Crippen molar-refractivity contribution in [2.45, 2.75) is 70.8 Å². The van der Waals surface area contributed by atoms with Gasteiger partial charge in [0.2, 0.25) is 0 Å². The number of benzene rings is 1. The predicted molar refractivity (Wildman–Crippen MR) is 79.2 cm³/mol. The van der Waals surface area contributed by atoms with Crippen LogP contribution in [0.4, 0.5) is 13.2 Å². The lowest BCUT2D eigenvalue weighted by molar-refractivity contribution is -0.160. The van der Waals surface area contributed by atoms with Crippen LogP contribution in [0.2, 0.25) is 0 Å². The van der Waals surface area contributed by atoms with Gasteiger partial charge in [0.15, 0.2) is 0 Å². The summed E-state index contributed by atoms with van der Waals surface area (Å²) in [6.07, 6.45) is -3.68. The molecule has 1 nitrogen and oxygen atoms in total. The van der Waals surface area contributed by atoms with E-state index in [4.69, 9.17) is 0 Å². The van der Waals surface area contributed by atoms with Crippen molar-refractivity contribution < 1.29 is 13.2 Å². The summed E-state index contributed by atoms with van der Waals surface area (Å²) in [6.45, 7) is 9.32. The Morgan fingerprint density at radius 2 is 1.48 bits per heavy atom. The number of nitrogens with zero attached hydrogens (tertiary/aromatic N) is 1. The topological polar surface area (TPSA) is 3.24 Å². The molecule has 118 valence electrons.